The number of phenolic OH excluding ortho intramolecular Hbond substituents is 1. The summed E-state index contributed by atoms with van der Waals surface area (Å²) in [5.74, 6) is 2.36. The highest BCUT2D eigenvalue weighted by atomic mass is 19.1. The maximum Gasteiger partial charge on any atom is 0.228 e. The van der Waals surface area contributed by atoms with Gasteiger partial charge in [-0.1, -0.05) is 38.1 Å². The number of fused-ring (bicyclic) bond motifs is 4. The van der Waals surface area contributed by atoms with Gasteiger partial charge in [0, 0.05) is 37.9 Å². The Morgan fingerprint density at radius 1 is 0.972 bits per heavy atom. The molecule has 1 N–H and O–H groups in total. The molecule has 2 unspecified atom stereocenters. The van der Waals surface area contributed by atoms with Crippen molar-refractivity contribution in [3.05, 3.63) is 48.4 Å². The van der Waals surface area contributed by atoms with Crippen LogP contribution in [0.3, 0.4) is 0 Å². The zero-order chi connectivity index (χ0) is 24.6. The summed E-state index contributed by atoms with van der Waals surface area (Å²) < 4.78 is 16.4. The zero-order valence-electron chi connectivity index (χ0n) is 20.7. The van der Waals surface area contributed by atoms with Crippen LogP contribution in [0, 0.1) is 23.1 Å². The lowest BCUT2D eigenvalue weighted by atomic mass is 9.85. The van der Waals surface area contributed by atoms with Crippen LogP contribution in [0.15, 0.2) is 42.6 Å². The van der Waals surface area contributed by atoms with Gasteiger partial charge in [-0.25, -0.2) is 9.37 Å². The smallest absolute Gasteiger partial charge is 0.228 e. The van der Waals surface area contributed by atoms with Crippen molar-refractivity contribution >= 4 is 33.4 Å². The van der Waals surface area contributed by atoms with Crippen molar-refractivity contribution in [3.63, 3.8) is 0 Å². The predicted octanol–water partition coefficient (Wildman–Crippen LogP) is 5.77. The van der Waals surface area contributed by atoms with E-state index >= 15 is 4.39 Å². The second-order valence-electron chi connectivity index (χ2n) is 11.7. The molecule has 3 aliphatic rings. The molecule has 4 aromatic rings. The minimum absolute atomic E-state index is 0.0839. The van der Waals surface area contributed by atoms with Gasteiger partial charge >= 0.3 is 0 Å². The van der Waals surface area contributed by atoms with Crippen LogP contribution in [-0.2, 0) is 0 Å². The van der Waals surface area contributed by atoms with Crippen LogP contribution in [0.25, 0.3) is 32.9 Å². The number of aromatic nitrogens is 3. The maximum atomic E-state index is 16.4. The molecule has 2 bridgehead atoms. The number of rotatable bonds is 3. The lowest BCUT2D eigenvalue weighted by Crippen LogP contribution is -2.53. The number of halogens is 1. The molecule has 2 saturated heterocycles. The first kappa shape index (κ1) is 21.8. The first-order valence-electron chi connectivity index (χ1n) is 12.9. The Balaban J connectivity index is 1.42. The summed E-state index contributed by atoms with van der Waals surface area (Å²) in [7, 11) is 0. The van der Waals surface area contributed by atoms with Gasteiger partial charge in [0.1, 0.15) is 22.8 Å². The summed E-state index contributed by atoms with van der Waals surface area (Å²) in [5, 5.41) is 12.7. The third-order valence-electron chi connectivity index (χ3n) is 8.18. The SMILES string of the molecule is CC1(C)CN(c2nc(N3CC4CCC(C4)C3)c3cnc(-c4cc(O)cc5ccccc45)c(F)c3n2)C1. The fourth-order valence-electron chi connectivity index (χ4n) is 6.60. The molecule has 184 valence electrons. The van der Waals surface area contributed by atoms with E-state index in [0.29, 0.717) is 34.3 Å². The molecule has 3 fully saturated rings. The summed E-state index contributed by atoms with van der Waals surface area (Å²) in [6, 6.07) is 10.9. The molecule has 0 radical (unpaired) electrons. The molecule has 0 spiro atoms. The van der Waals surface area contributed by atoms with E-state index in [1.54, 1.807) is 18.3 Å². The number of nitrogens with zero attached hydrogens (tertiary/aromatic N) is 5. The highest BCUT2D eigenvalue weighted by Gasteiger charge is 2.38. The molecule has 7 rings (SSSR count). The third kappa shape index (κ3) is 3.47. The lowest BCUT2D eigenvalue weighted by molar-refractivity contribution is 0.272. The van der Waals surface area contributed by atoms with Crippen molar-refractivity contribution in [2.24, 2.45) is 17.3 Å². The highest BCUT2D eigenvalue weighted by Crippen LogP contribution is 2.42. The molecule has 2 aromatic carbocycles. The van der Waals surface area contributed by atoms with Gasteiger partial charge in [0.2, 0.25) is 5.95 Å². The monoisotopic (exact) mass is 483 g/mol. The number of anilines is 2. The van der Waals surface area contributed by atoms with E-state index in [1.807, 2.05) is 24.3 Å². The average Bonchev–Trinajstić information content (AvgIpc) is 3.19. The molecule has 4 heterocycles. The van der Waals surface area contributed by atoms with E-state index in [-0.39, 0.29) is 16.9 Å². The molecule has 1 saturated carbocycles. The van der Waals surface area contributed by atoms with Crippen LogP contribution in [-0.4, -0.2) is 46.2 Å². The van der Waals surface area contributed by atoms with E-state index in [1.165, 1.54) is 19.3 Å². The van der Waals surface area contributed by atoms with Gasteiger partial charge in [-0.3, -0.25) is 4.98 Å². The number of piperidine rings is 1. The quantitative estimate of drug-likeness (QED) is 0.399. The summed E-state index contributed by atoms with van der Waals surface area (Å²) in [6.45, 7) is 8.05. The summed E-state index contributed by atoms with van der Waals surface area (Å²) in [5.41, 5.74) is 1.27. The Hall–Kier alpha value is -3.48. The Morgan fingerprint density at radius 3 is 2.47 bits per heavy atom. The molecule has 1 aliphatic carbocycles. The molecule has 2 atom stereocenters. The molecule has 7 heteroatoms. The molecular formula is C29H30FN5O. The third-order valence-corrected chi connectivity index (χ3v) is 8.18. The van der Waals surface area contributed by atoms with E-state index in [2.05, 4.69) is 28.6 Å². The van der Waals surface area contributed by atoms with E-state index in [9.17, 15) is 5.11 Å². The number of hydrogen-bond donors (Lipinski definition) is 1. The Kier molecular flexibility index (Phi) is 4.69. The van der Waals surface area contributed by atoms with Gasteiger partial charge in [0.05, 0.1) is 5.39 Å². The zero-order valence-corrected chi connectivity index (χ0v) is 20.7. The van der Waals surface area contributed by atoms with Gasteiger partial charge in [-0.05, 0) is 59.4 Å². The van der Waals surface area contributed by atoms with Crippen LogP contribution in [0.1, 0.15) is 33.1 Å². The second-order valence-corrected chi connectivity index (χ2v) is 11.7. The van der Waals surface area contributed by atoms with Crippen LogP contribution in [0.2, 0.25) is 0 Å². The minimum Gasteiger partial charge on any atom is -0.508 e. The average molecular weight is 484 g/mol. The van der Waals surface area contributed by atoms with Crippen molar-refractivity contribution in [2.45, 2.75) is 33.1 Å². The van der Waals surface area contributed by atoms with Crippen LogP contribution in [0.4, 0.5) is 16.2 Å². The Bertz CT molecular complexity index is 1500. The van der Waals surface area contributed by atoms with Crippen molar-refractivity contribution < 1.29 is 9.50 Å². The molecule has 6 nitrogen and oxygen atoms in total. The van der Waals surface area contributed by atoms with E-state index in [4.69, 9.17) is 9.97 Å². The first-order valence-corrected chi connectivity index (χ1v) is 12.9. The van der Waals surface area contributed by atoms with E-state index in [0.717, 1.165) is 42.8 Å². The van der Waals surface area contributed by atoms with Gasteiger partial charge in [0.25, 0.3) is 0 Å². The molecule has 0 amide bonds. The number of aromatic hydroxyl groups is 1. The Labute approximate surface area is 209 Å². The number of benzene rings is 2. The minimum atomic E-state index is -0.465. The van der Waals surface area contributed by atoms with Crippen LogP contribution in [0.5, 0.6) is 5.75 Å². The van der Waals surface area contributed by atoms with Crippen molar-refractivity contribution in [3.8, 4) is 17.0 Å². The fourth-order valence-corrected chi connectivity index (χ4v) is 6.60. The first-order chi connectivity index (χ1) is 17.3. The predicted molar refractivity (Wildman–Crippen MR) is 141 cm³/mol. The van der Waals surface area contributed by atoms with Gasteiger partial charge in [-0.15, -0.1) is 0 Å². The number of hydrogen-bond acceptors (Lipinski definition) is 6. The normalized spacial score (nSPS) is 22.9. The molecular weight excluding hydrogens is 453 g/mol. The van der Waals surface area contributed by atoms with E-state index < -0.39 is 5.82 Å². The highest BCUT2D eigenvalue weighted by molar-refractivity contribution is 6.00. The topological polar surface area (TPSA) is 65.4 Å². The molecule has 2 aromatic heterocycles. The van der Waals surface area contributed by atoms with Crippen LogP contribution < -0.4 is 9.80 Å². The number of pyridine rings is 1. The van der Waals surface area contributed by atoms with Crippen molar-refractivity contribution in [1.29, 1.82) is 0 Å². The van der Waals surface area contributed by atoms with Gasteiger partial charge in [-0.2, -0.15) is 4.98 Å². The summed E-state index contributed by atoms with van der Waals surface area (Å²) >= 11 is 0. The molecule has 36 heavy (non-hydrogen) atoms. The fraction of sp³-hybridized carbons (Fsp3) is 0.414. The molecule has 2 aliphatic heterocycles. The van der Waals surface area contributed by atoms with Crippen LogP contribution >= 0.6 is 0 Å². The summed E-state index contributed by atoms with van der Waals surface area (Å²) in [4.78, 5) is 18.9. The van der Waals surface area contributed by atoms with Crippen molar-refractivity contribution in [1.82, 2.24) is 15.0 Å². The Morgan fingerprint density at radius 2 is 1.72 bits per heavy atom. The van der Waals surface area contributed by atoms with Gasteiger partial charge < -0.3 is 14.9 Å². The second kappa shape index (κ2) is 7.76. The standard InChI is InChI=1S/C29H30FN5O/c1-29(2)15-35(16-29)28-32-26-23(27(33-28)34-13-17-7-8-18(9-17)14-34)12-31-25(24(26)30)22-11-20(36)10-19-5-3-4-6-21(19)22/h3-6,10-12,17-18,36H,7-9,13-16H2,1-2H3. The number of phenols is 1. The largest absolute Gasteiger partial charge is 0.508 e. The maximum absolute atomic E-state index is 16.4. The lowest BCUT2D eigenvalue weighted by Gasteiger charge is -2.46. The summed E-state index contributed by atoms with van der Waals surface area (Å²) in [6.07, 6.45) is 5.54. The van der Waals surface area contributed by atoms with Crippen molar-refractivity contribution in [2.75, 3.05) is 36.0 Å². The van der Waals surface area contributed by atoms with Gasteiger partial charge in [0.15, 0.2) is 5.82 Å².